The third-order valence-electron chi connectivity index (χ3n) is 16.1. The van der Waals surface area contributed by atoms with Crippen LogP contribution in [0.15, 0.2) is 60.9 Å². The number of aliphatic carboxylic acids is 1. The third-order valence-corrected chi connectivity index (χ3v) is 17.2. The summed E-state index contributed by atoms with van der Waals surface area (Å²) in [6, 6.07) is 16.0. The highest BCUT2D eigenvalue weighted by molar-refractivity contribution is 6.35. The average Bonchev–Trinajstić information content (AvgIpc) is 4.27. The van der Waals surface area contributed by atoms with Gasteiger partial charge in [-0.15, -0.1) is 0 Å². The Morgan fingerprint density at radius 3 is 1.53 bits per heavy atom. The molecule has 77 heavy (non-hydrogen) atoms. The summed E-state index contributed by atoms with van der Waals surface area (Å²) >= 11 is 25.2. The monoisotopic (exact) mass is 1120 g/mol. The minimum absolute atomic E-state index is 0.138. The summed E-state index contributed by atoms with van der Waals surface area (Å²) < 4.78 is 8.30. The topological polar surface area (TPSA) is 205 Å². The summed E-state index contributed by atoms with van der Waals surface area (Å²) in [6.07, 6.45) is 18.5. The zero-order valence-corrected chi connectivity index (χ0v) is 46.9. The molecule has 4 unspecified atom stereocenters. The van der Waals surface area contributed by atoms with Gasteiger partial charge in [-0.2, -0.15) is 20.7 Å². The number of hydrogen-bond donors (Lipinski definition) is 1. The Hall–Kier alpha value is -5.98. The third kappa shape index (κ3) is 12.0. The van der Waals surface area contributed by atoms with E-state index in [1.54, 1.807) is 46.0 Å². The van der Waals surface area contributed by atoms with Gasteiger partial charge < -0.3 is 9.84 Å². The molecule has 10 rings (SSSR count). The number of carbonyl (C=O) groups is 2. The van der Waals surface area contributed by atoms with E-state index in [2.05, 4.69) is 68.1 Å². The van der Waals surface area contributed by atoms with Gasteiger partial charge in [-0.1, -0.05) is 84.5 Å². The molecule has 0 spiro atoms. The number of likely N-dealkylation sites (tertiary alicyclic amines) is 2. The van der Waals surface area contributed by atoms with Crippen molar-refractivity contribution in [3.05, 3.63) is 115 Å². The first-order valence-corrected chi connectivity index (χ1v) is 28.0. The molecule has 8 atom stereocenters. The molecule has 2 aromatic carbocycles. The summed E-state index contributed by atoms with van der Waals surface area (Å²) in [5, 5.41) is 39.7. The van der Waals surface area contributed by atoms with Crippen molar-refractivity contribution in [1.29, 1.82) is 10.5 Å². The summed E-state index contributed by atoms with van der Waals surface area (Å²) in [5.41, 5.74) is 8.04. The van der Waals surface area contributed by atoms with Gasteiger partial charge >= 0.3 is 11.9 Å². The first kappa shape index (κ1) is 55.8. The van der Waals surface area contributed by atoms with Gasteiger partial charge in [0.1, 0.15) is 23.2 Å². The van der Waals surface area contributed by atoms with Gasteiger partial charge in [0.15, 0.2) is 22.7 Å². The van der Waals surface area contributed by atoms with Crippen LogP contribution in [0.2, 0.25) is 20.1 Å². The van der Waals surface area contributed by atoms with Crippen molar-refractivity contribution in [3.8, 4) is 12.1 Å². The normalized spacial score (nSPS) is 22.6. The van der Waals surface area contributed by atoms with Crippen molar-refractivity contribution in [1.82, 2.24) is 49.3 Å². The van der Waals surface area contributed by atoms with Gasteiger partial charge in [-0.3, -0.25) is 19.4 Å². The summed E-state index contributed by atoms with van der Waals surface area (Å²) in [7, 11) is 1.45. The van der Waals surface area contributed by atoms with Gasteiger partial charge in [0.2, 0.25) is 0 Å². The van der Waals surface area contributed by atoms with Crippen LogP contribution in [0.4, 0.5) is 0 Å². The standard InChI is InChI=1S/C29H32Cl2N6O2.C28H30Cl2N6O2/c1-17-13-19(6-10-26(17)36-12-4-5-21(36)8-11-27(38)39-3)25-16-33-28-24(15-32)35-37(29(28)34-25)18(2)22-9-7-20(30)14-23(22)31;1-16-12-18(5-9-25(16)35-11-3-4-20(35)7-10-26(37)38)24-15-32-27-23(14-31)34-36(28(27)33-24)17(2)21-8-6-19(29)13-22(21)30/h7,9,13-14,16-18,21,26H,4-6,8,10-12H2,1-3H3;6,8,12-13,15-17,20,25H,3-5,7,9-11H2,1-2H3,(H,37,38)/t17?,18-,21+,26?;16?,17-,20+,25?/m11/s1. The van der Waals surface area contributed by atoms with E-state index in [0.717, 1.165) is 105 Å². The summed E-state index contributed by atoms with van der Waals surface area (Å²) in [4.78, 5) is 47.1. The molecule has 1 N–H and O–H groups in total. The Kier molecular flexibility index (Phi) is 17.6. The molecule has 0 amide bonds. The highest BCUT2D eigenvalue weighted by Crippen LogP contribution is 2.40. The first-order chi connectivity index (χ1) is 37.1. The molecule has 0 radical (unpaired) electrons. The van der Waals surface area contributed by atoms with E-state index < -0.39 is 5.97 Å². The molecule has 6 aromatic rings. The number of fused-ring (bicyclic) bond motifs is 2. The van der Waals surface area contributed by atoms with E-state index in [9.17, 15) is 20.1 Å². The molecule has 2 saturated heterocycles. The molecule has 2 aliphatic heterocycles. The maximum Gasteiger partial charge on any atom is 0.305 e. The molecule has 0 bridgehead atoms. The van der Waals surface area contributed by atoms with Crippen molar-refractivity contribution in [2.75, 3.05) is 20.2 Å². The van der Waals surface area contributed by atoms with Crippen LogP contribution in [-0.4, -0.2) is 111 Å². The minimum Gasteiger partial charge on any atom is -0.481 e. The number of nitrogens with zero attached hydrogens (tertiary/aromatic N) is 12. The average molecular weight is 1120 g/mol. The predicted octanol–water partition coefficient (Wildman–Crippen LogP) is 12.3. The quantitative estimate of drug-likeness (QED) is 0.101. The molecule has 4 aromatic heterocycles. The molecule has 0 saturated carbocycles. The fraction of sp³-hybridized carbons (Fsp3) is 0.474. The predicted molar refractivity (Wildman–Crippen MR) is 299 cm³/mol. The Morgan fingerprint density at radius 1 is 0.701 bits per heavy atom. The number of rotatable bonds is 14. The number of ether oxygens (including phenoxy) is 1. The Bertz CT molecular complexity index is 3340. The highest BCUT2D eigenvalue weighted by atomic mass is 35.5. The highest BCUT2D eigenvalue weighted by Gasteiger charge is 2.37. The van der Waals surface area contributed by atoms with Crippen LogP contribution < -0.4 is 0 Å². The lowest BCUT2D eigenvalue weighted by atomic mass is 9.84. The van der Waals surface area contributed by atoms with E-state index in [0.29, 0.717) is 91.3 Å². The van der Waals surface area contributed by atoms with Crippen molar-refractivity contribution < 1.29 is 19.4 Å². The molecular weight excluding hydrogens is 1060 g/mol. The van der Waals surface area contributed by atoms with Gasteiger partial charge in [-0.25, -0.2) is 29.3 Å². The van der Waals surface area contributed by atoms with Crippen molar-refractivity contribution in [3.63, 3.8) is 0 Å². The van der Waals surface area contributed by atoms with Gasteiger partial charge in [0.05, 0.1) is 43.0 Å². The summed E-state index contributed by atoms with van der Waals surface area (Å²) in [5.74, 6) is -0.235. The Balaban J connectivity index is 0.000000188. The number of carboxylic acids is 1. The van der Waals surface area contributed by atoms with Crippen molar-refractivity contribution in [2.45, 2.75) is 141 Å². The van der Waals surface area contributed by atoms with Crippen LogP contribution in [0.5, 0.6) is 0 Å². The summed E-state index contributed by atoms with van der Waals surface area (Å²) in [6.45, 7) is 10.5. The number of methoxy groups -OCH3 is 1. The van der Waals surface area contributed by atoms with Crippen LogP contribution in [0, 0.1) is 34.5 Å². The number of benzene rings is 2. The number of carbonyl (C=O) groups excluding carboxylic acids is 1. The van der Waals surface area contributed by atoms with Crippen LogP contribution in [0.25, 0.3) is 33.5 Å². The number of hydrogen-bond acceptors (Lipinski definition) is 13. The first-order valence-electron chi connectivity index (χ1n) is 26.5. The van der Waals surface area contributed by atoms with Gasteiger partial charge in [0.25, 0.3) is 0 Å². The lowest BCUT2D eigenvalue weighted by Gasteiger charge is -2.38. The zero-order chi connectivity index (χ0) is 54.7. The van der Waals surface area contributed by atoms with E-state index in [-0.39, 0.29) is 35.9 Å². The Morgan fingerprint density at radius 2 is 1.14 bits per heavy atom. The van der Waals surface area contributed by atoms with E-state index in [1.807, 2.05) is 26.0 Å². The second-order valence-corrected chi connectivity index (χ2v) is 22.5. The number of esters is 1. The molecule has 4 aliphatic rings. The second-order valence-electron chi connectivity index (χ2n) is 20.8. The molecular formula is C57H62Cl4N12O4. The second kappa shape index (κ2) is 24.4. The number of halogens is 4. The maximum absolute atomic E-state index is 11.7. The number of aromatic nitrogens is 8. The maximum atomic E-state index is 11.7. The van der Waals surface area contributed by atoms with E-state index in [1.165, 1.54) is 7.11 Å². The number of carboxylic acid groups (broad SMARTS) is 1. The van der Waals surface area contributed by atoms with Crippen LogP contribution in [0.3, 0.4) is 0 Å². The SMILES string of the molecule is CC1C=C(c2cnc3c(C#N)nn([C@H](C)c4ccc(Cl)cc4Cl)c3n2)CCC1N1CCC[C@H]1CCC(=O)O.COC(=O)CC[C@@H]1CCCN1C1CCC(c2cnc3c(C#N)nn([C@H](C)c4ccc(Cl)cc4Cl)c3n2)=CC1C. The molecule has 16 nitrogen and oxygen atoms in total. The molecule has 20 heteroatoms. The van der Waals surface area contributed by atoms with Gasteiger partial charge in [-0.05, 0) is 150 Å². The zero-order valence-electron chi connectivity index (χ0n) is 43.8. The number of nitriles is 2. The van der Waals surface area contributed by atoms with Crippen molar-refractivity contribution in [2.24, 2.45) is 11.8 Å². The minimum atomic E-state index is -0.726. The van der Waals surface area contributed by atoms with Gasteiger partial charge in [0, 0.05) is 57.1 Å². The number of allylic oxidation sites excluding steroid dienone is 2. The van der Waals surface area contributed by atoms with Crippen molar-refractivity contribution >= 4 is 91.8 Å². The smallest absolute Gasteiger partial charge is 0.305 e. The van der Waals surface area contributed by atoms with E-state index >= 15 is 0 Å². The molecule has 2 aliphatic carbocycles. The molecule has 402 valence electrons. The van der Waals surface area contributed by atoms with Crippen LogP contribution in [0.1, 0.15) is 151 Å². The lowest BCUT2D eigenvalue weighted by Crippen LogP contribution is -2.43. The molecule has 2 fully saturated rings. The Labute approximate surface area is 468 Å². The largest absolute Gasteiger partial charge is 0.481 e. The van der Waals surface area contributed by atoms with Crippen LogP contribution >= 0.6 is 46.4 Å². The lowest BCUT2D eigenvalue weighted by molar-refractivity contribution is -0.141. The van der Waals surface area contributed by atoms with Crippen LogP contribution in [-0.2, 0) is 14.3 Å². The molecule has 6 heterocycles. The van der Waals surface area contributed by atoms with E-state index in [4.69, 9.17) is 66.2 Å². The fourth-order valence-corrected chi connectivity index (χ4v) is 13.3. The fourth-order valence-electron chi connectivity index (χ4n) is 12.2.